The van der Waals surface area contributed by atoms with E-state index in [9.17, 15) is 13.6 Å². The van der Waals surface area contributed by atoms with Crippen molar-refractivity contribution in [2.75, 3.05) is 19.6 Å². The molecule has 5 rings (SSSR count). The molecule has 196 valence electrons. The standard InChI is InChI=1S/C31H32F2N4O/c1-20-15-22(27-6-4-3-5-21(27)9-13-35-31(38)30-11-14-37(2)36-30)7-8-26(20)29-19-34-12-10-28(29)23-16-24(32)18-25(33)17-23/h3-8,11,14-18,28-29,34H,9-10,12-13,19H2,1-2H3,(H,35,38)/t28-,29-/m1/s1. The molecule has 2 atom stereocenters. The van der Waals surface area contributed by atoms with Crippen LogP contribution in [0.25, 0.3) is 11.1 Å². The minimum absolute atomic E-state index is 0.0426. The molecule has 5 nitrogen and oxygen atoms in total. The van der Waals surface area contributed by atoms with E-state index in [-0.39, 0.29) is 17.7 Å². The second kappa shape index (κ2) is 11.3. The van der Waals surface area contributed by atoms with Crippen LogP contribution in [0.2, 0.25) is 0 Å². The van der Waals surface area contributed by atoms with Crippen molar-refractivity contribution < 1.29 is 13.6 Å². The maximum atomic E-state index is 14.0. The summed E-state index contributed by atoms with van der Waals surface area (Å²) in [5.41, 5.74) is 6.84. The normalized spacial score (nSPS) is 17.4. The van der Waals surface area contributed by atoms with Crippen molar-refractivity contribution >= 4 is 5.91 Å². The summed E-state index contributed by atoms with van der Waals surface area (Å²) in [6.45, 7) is 4.19. The van der Waals surface area contributed by atoms with Crippen LogP contribution in [0.5, 0.6) is 0 Å². The summed E-state index contributed by atoms with van der Waals surface area (Å²) < 4.78 is 29.6. The van der Waals surface area contributed by atoms with Crippen molar-refractivity contribution in [2.24, 2.45) is 7.05 Å². The molecule has 0 spiro atoms. The van der Waals surface area contributed by atoms with Crippen molar-refractivity contribution in [2.45, 2.75) is 31.6 Å². The smallest absolute Gasteiger partial charge is 0.271 e. The monoisotopic (exact) mass is 514 g/mol. The molecular formula is C31H32F2N4O. The summed E-state index contributed by atoms with van der Waals surface area (Å²) in [4.78, 5) is 12.4. The summed E-state index contributed by atoms with van der Waals surface area (Å²) in [5.74, 6) is -1.08. The quantitative estimate of drug-likeness (QED) is 0.342. The predicted molar refractivity (Wildman–Crippen MR) is 145 cm³/mol. The molecule has 3 aromatic carbocycles. The minimum atomic E-state index is -0.530. The van der Waals surface area contributed by atoms with Crippen LogP contribution in [0.3, 0.4) is 0 Å². The van der Waals surface area contributed by atoms with Crippen molar-refractivity contribution in [3.8, 4) is 11.1 Å². The van der Waals surface area contributed by atoms with Gasteiger partial charge in [-0.3, -0.25) is 9.48 Å². The molecule has 2 heterocycles. The van der Waals surface area contributed by atoms with E-state index in [1.54, 1.807) is 24.0 Å². The number of rotatable bonds is 7. The van der Waals surface area contributed by atoms with Gasteiger partial charge in [-0.2, -0.15) is 5.10 Å². The molecule has 1 aliphatic heterocycles. The molecule has 38 heavy (non-hydrogen) atoms. The molecule has 0 unspecified atom stereocenters. The van der Waals surface area contributed by atoms with Gasteiger partial charge in [-0.1, -0.05) is 42.5 Å². The Labute approximate surface area is 221 Å². The van der Waals surface area contributed by atoms with Crippen molar-refractivity contribution in [1.82, 2.24) is 20.4 Å². The van der Waals surface area contributed by atoms with Gasteiger partial charge in [0.05, 0.1) is 0 Å². The highest BCUT2D eigenvalue weighted by Gasteiger charge is 2.29. The van der Waals surface area contributed by atoms with Crippen molar-refractivity contribution in [3.05, 3.63) is 113 Å². The topological polar surface area (TPSA) is 59.0 Å². The molecule has 0 bridgehead atoms. The zero-order valence-electron chi connectivity index (χ0n) is 21.7. The lowest BCUT2D eigenvalue weighted by molar-refractivity contribution is 0.0948. The number of nitrogens with one attached hydrogen (secondary N) is 2. The van der Waals surface area contributed by atoms with Gasteiger partial charge in [-0.15, -0.1) is 0 Å². The van der Waals surface area contributed by atoms with Gasteiger partial charge in [0.2, 0.25) is 0 Å². The molecule has 0 aliphatic carbocycles. The lowest BCUT2D eigenvalue weighted by Gasteiger charge is -2.34. The average molecular weight is 515 g/mol. The van der Waals surface area contributed by atoms with Crippen LogP contribution in [0.4, 0.5) is 8.78 Å². The molecule has 1 fully saturated rings. The van der Waals surface area contributed by atoms with Gasteiger partial charge in [-0.05, 0) is 83.8 Å². The van der Waals surface area contributed by atoms with E-state index in [0.717, 1.165) is 53.4 Å². The summed E-state index contributed by atoms with van der Waals surface area (Å²) in [6.07, 6.45) is 3.26. The Bertz CT molecular complexity index is 1430. The fraction of sp³-hybridized carbons (Fsp3) is 0.290. The van der Waals surface area contributed by atoms with Crippen LogP contribution >= 0.6 is 0 Å². The van der Waals surface area contributed by atoms with E-state index >= 15 is 0 Å². The van der Waals surface area contributed by atoms with Crippen LogP contribution < -0.4 is 10.6 Å². The third kappa shape index (κ3) is 5.68. The maximum absolute atomic E-state index is 14.0. The van der Waals surface area contributed by atoms with Crippen molar-refractivity contribution in [3.63, 3.8) is 0 Å². The van der Waals surface area contributed by atoms with E-state index in [0.29, 0.717) is 18.7 Å². The third-order valence-electron chi connectivity index (χ3n) is 7.42. The molecule has 0 saturated carbocycles. The number of hydrogen-bond acceptors (Lipinski definition) is 3. The molecule has 1 aliphatic rings. The first kappa shape index (κ1) is 25.8. The van der Waals surface area contributed by atoms with Gasteiger partial charge in [0.1, 0.15) is 17.3 Å². The predicted octanol–water partition coefficient (Wildman–Crippen LogP) is 5.51. The van der Waals surface area contributed by atoms with Gasteiger partial charge >= 0.3 is 0 Å². The summed E-state index contributed by atoms with van der Waals surface area (Å²) in [6, 6.07) is 20.3. The van der Waals surface area contributed by atoms with Crippen LogP contribution in [0, 0.1) is 18.6 Å². The zero-order chi connectivity index (χ0) is 26.6. The molecule has 1 amide bonds. The number of piperidine rings is 1. The molecule has 2 N–H and O–H groups in total. The Morgan fingerprint density at radius 3 is 2.58 bits per heavy atom. The number of carbonyl (C=O) groups is 1. The molecule has 4 aromatic rings. The maximum Gasteiger partial charge on any atom is 0.271 e. The number of aryl methyl sites for hydroxylation is 2. The fourth-order valence-electron chi connectivity index (χ4n) is 5.59. The Morgan fingerprint density at radius 1 is 1.05 bits per heavy atom. The Balaban J connectivity index is 1.35. The number of hydrogen-bond donors (Lipinski definition) is 2. The number of halogens is 2. The van der Waals surface area contributed by atoms with E-state index in [2.05, 4.69) is 53.0 Å². The number of aromatic nitrogens is 2. The zero-order valence-corrected chi connectivity index (χ0v) is 21.7. The Hall–Kier alpha value is -3.84. The van der Waals surface area contributed by atoms with Crippen LogP contribution in [0.1, 0.15) is 51.0 Å². The van der Waals surface area contributed by atoms with E-state index < -0.39 is 11.6 Å². The van der Waals surface area contributed by atoms with Crippen molar-refractivity contribution in [1.29, 1.82) is 0 Å². The lowest BCUT2D eigenvalue weighted by atomic mass is 9.75. The van der Waals surface area contributed by atoms with Gasteiger partial charge in [0.15, 0.2) is 0 Å². The second-order valence-corrected chi connectivity index (χ2v) is 10.0. The number of nitrogens with zero attached hydrogens (tertiary/aromatic N) is 2. The van der Waals surface area contributed by atoms with Gasteiger partial charge in [0, 0.05) is 38.3 Å². The Morgan fingerprint density at radius 2 is 1.84 bits per heavy atom. The first-order chi connectivity index (χ1) is 18.4. The number of carbonyl (C=O) groups excluding carboxylic acids is 1. The van der Waals surface area contributed by atoms with Crippen LogP contribution in [-0.2, 0) is 13.5 Å². The molecular weight excluding hydrogens is 482 g/mol. The fourth-order valence-corrected chi connectivity index (χ4v) is 5.59. The lowest BCUT2D eigenvalue weighted by Crippen LogP contribution is -2.34. The minimum Gasteiger partial charge on any atom is -0.350 e. The molecule has 1 aromatic heterocycles. The first-order valence-electron chi connectivity index (χ1n) is 13.0. The highest BCUT2D eigenvalue weighted by Crippen LogP contribution is 2.40. The summed E-state index contributed by atoms with van der Waals surface area (Å²) >= 11 is 0. The van der Waals surface area contributed by atoms with Crippen LogP contribution in [0.15, 0.2) is 72.9 Å². The molecule has 0 radical (unpaired) electrons. The van der Waals surface area contributed by atoms with E-state index in [4.69, 9.17) is 0 Å². The number of amides is 1. The number of benzene rings is 3. The second-order valence-electron chi connectivity index (χ2n) is 10.0. The summed E-state index contributed by atoms with van der Waals surface area (Å²) in [7, 11) is 1.78. The van der Waals surface area contributed by atoms with Gasteiger partial charge in [-0.25, -0.2) is 8.78 Å². The van der Waals surface area contributed by atoms with E-state index in [1.165, 1.54) is 17.7 Å². The average Bonchev–Trinajstić information content (AvgIpc) is 3.35. The SMILES string of the molecule is Cc1cc(-c2ccccc2CCNC(=O)c2ccn(C)n2)ccc1[C@H]1CNCC[C@@H]1c1cc(F)cc(F)c1. The van der Waals surface area contributed by atoms with Crippen LogP contribution in [-0.4, -0.2) is 35.3 Å². The molecule has 1 saturated heterocycles. The van der Waals surface area contributed by atoms with Gasteiger partial charge < -0.3 is 10.6 Å². The van der Waals surface area contributed by atoms with E-state index in [1.807, 2.05) is 12.1 Å². The Kier molecular flexibility index (Phi) is 7.65. The molecule has 7 heteroatoms. The highest BCUT2D eigenvalue weighted by atomic mass is 19.1. The first-order valence-corrected chi connectivity index (χ1v) is 13.0. The third-order valence-corrected chi connectivity index (χ3v) is 7.42. The van der Waals surface area contributed by atoms with Gasteiger partial charge in [0.25, 0.3) is 5.91 Å². The highest BCUT2D eigenvalue weighted by molar-refractivity contribution is 5.92. The summed E-state index contributed by atoms with van der Waals surface area (Å²) in [5, 5.41) is 10.6. The largest absolute Gasteiger partial charge is 0.350 e.